The molecule has 7 heteroatoms. The van der Waals surface area contributed by atoms with Crippen LogP contribution in [0.1, 0.15) is 38.8 Å². The molecule has 7 nitrogen and oxygen atoms in total. The third-order valence-electron chi connectivity index (χ3n) is 5.07. The Morgan fingerprint density at radius 1 is 1.11 bits per heavy atom. The van der Waals surface area contributed by atoms with Crippen molar-refractivity contribution in [2.24, 2.45) is 17.6 Å². The second-order valence-corrected chi connectivity index (χ2v) is 7.79. The first-order valence-electron chi connectivity index (χ1n) is 9.29. The summed E-state index contributed by atoms with van der Waals surface area (Å²) in [6, 6.07) is 5.13. The van der Waals surface area contributed by atoms with Gasteiger partial charge in [-0.2, -0.15) is 0 Å². The lowest BCUT2D eigenvalue weighted by atomic mass is 9.91. The van der Waals surface area contributed by atoms with Crippen LogP contribution in [0.4, 0.5) is 0 Å². The molecular weight excluding hydrogens is 346 g/mol. The van der Waals surface area contributed by atoms with Crippen molar-refractivity contribution < 1.29 is 19.5 Å². The van der Waals surface area contributed by atoms with Crippen LogP contribution >= 0.6 is 0 Å². The van der Waals surface area contributed by atoms with Gasteiger partial charge in [0.15, 0.2) is 0 Å². The van der Waals surface area contributed by atoms with Gasteiger partial charge in [0.25, 0.3) is 0 Å². The minimum atomic E-state index is -1.09. The lowest BCUT2D eigenvalue weighted by Crippen LogP contribution is -2.59. The summed E-state index contributed by atoms with van der Waals surface area (Å²) in [7, 11) is 0. The molecule has 0 saturated heterocycles. The van der Waals surface area contributed by atoms with Crippen LogP contribution in [0.25, 0.3) is 0 Å². The smallest absolute Gasteiger partial charge is 0.326 e. The number of benzene rings is 1. The minimum absolute atomic E-state index is 0.0687. The molecule has 0 saturated carbocycles. The van der Waals surface area contributed by atoms with Crippen molar-refractivity contribution in [2.75, 3.05) is 0 Å². The van der Waals surface area contributed by atoms with Crippen molar-refractivity contribution in [1.29, 1.82) is 0 Å². The summed E-state index contributed by atoms with van der Waals surface area (Å²) in [6.45, 7) is 7.45. The first-order chi connectivity index (χ1) is 12.6. The van der Waals surface area contributed by atoms with Crippen LogP contribution in [0.3, 0.4) is 0 Å². The Balaban J connectivity index is 2.32. The predicted molar refractivity (Wildman–Crippen MR) is 102 cm³/mol. The fourth-order valence-corrected chi connectivity index (χ4v) is 3.23. The van der Waals surface area contributed by atoms with Gasteiger partial charge in [-0.15, -0.1) is 0 Å². The average molecular weight is 375 g/mol. The normalized spacial score (nSPS) is 18.8. The second kappa shape index (κ2) is 8.52. The average Bonchev–Trinajstić information content (AvgIpc) is 2.62. The fraction of sp³-hybridized carbons (Fsp3) is 0.550. The van der Waals surface area contributed by atoms with Gasteiger partial charge in [0, 0.05) is 13.0 Å². The van der Waals surface area contributed by atoms with Crippen molar-refractivity contribution in [1.82, 2.24) is 10.2 Å². The lowest BCUT2D eigenvalue weighted by molar-refractivity contribution is -0.147. The van der Waals surface area contributed by atoms with E-state index >= 15 is 0 Å². The zero-order valence-electron chi connectivity index (χ0n) is 16.3. The molecule has 0 aliphatic carbocycles. The van der Waals surface area contributed by atoms with Crippen LogP contribution in [0.2, 0.25) is 0 Å². The Labute approximate surface area is 159 Å². The van der Waals surface area contributed by atoms with E-state index < -0.39 is 30.0 Å². The Morgan fingerprint density at radius 2 is 1.70 bits per heavy atom. The molecule has 1 aliphatic rings. The van der Waals surface area contributed by atoms with Gasteiger partial charge in [0.1, 0.15) is 12.1 Å². The number of nitrogens with one attached hydrogen (secondary N) is 1. The summed E-state index contributed by atoms with van der Waals surface area (Å²) in [5.41, 5.74) is 8.01. The number of nitrogens with zero attached hydrogens (tertiary/aromatic N) is 1. The SMILES string of the molecule is CC(C)[C@H](N)C(=O)N1Cc2ccccc2C[C@H]1C(=O)N[C@H](C(=O)O)C(C)C. The van der Waals surface area contributed by atoms with Crippen LogP contribution in [-0.4, -0.2) is 45.9 Å². The number of carboxylic acids is 1. The summed E-state index contributed by atoms with van der Waals surface area (Å²) in [6.07, 6.45) is 0.336. The highest BCUT2D eigenvalue weighted by Crippen LogP contribution is 2.25. The van der Waals surface area contributed by atoms with Crippen LogP contribution in [-0.2, 0) is 27.3 Å². The molecule has 1 aliphatic heterocycles. The molecule has 4 N–H and O–H groups in total. The molecule has 148 valence electrons. The number of carbonyl (C=O) groups is 3. The largest absolute Gasteiger partial charge is 0.480 e. The van der Waals surface area contributed by atoms with E-state index in [0.717, 1.165) is 11.1 Å². The van der Waals surface area contributed by atoms with Gasteiger partial charge in [-0.05, 0) is 23.0 Å². The maximum Gasteiger partial charge on any atom is 0.326 e. The number of hydrogen-bond donors (Lipinski definition) is 3. The third kappa shape index (κ3) is 4.66. The Hall–Kier alpha value is -2.41. The summed E-state index contributed by atoms with van der Waals surface area (Å²) in [5, 5.41) is 12.0. The molecule has 0 fully saturated rings. The van der Waals surface area contributed by atoms with Gasteiger partial charge in [-0.25, -0.2) is 4.79 Å². The van der Waals surface area contributed by atoms with Crippen molar-refractivity contribution in [3.8, 4) is 0 Å². The molecule has 1 aromatic carbocycles. The molecule has 27 heavy (non-hydrogen) atoms. The molecule has 2 amide bonds. The van der Waals surface area contributed by atoms with E-state index in [4.69, 9.17) is 5.73 Å². The quantitative estimate of drug-likeness (QED) is 0.690. The first-order valence-corrected chi connectivity index (χ1v) is 9.29. The van der Waals surface area contributed by atoms with E-state index in [-0.39, 0.29) is 24.3 Å². The van der Waals surface area contributed by atoms with E-state index in [2.05, 4.69) is 5.32 Å². The summed E-state index contributed by atoms with van der Waals surface area (Å²) in [4.78, 5) is 38.8. The minimum Gasteiger partial charge on any atom is -0.480 e. The molecule has 2 rings (SSSR count). The highest BCUT2D eigenvalue weighted by atomic mass is 16.4. The predicted octanol–water partition coefficient (Wildman–Crippen LogP) is 1.15. The summed E-state index contributed by atoms with van der Waals surface area (Å²) in [5.74, 6) is -2.19. The van der Waals surface area contributed by atoms with E-state index in [1.165, 1.54) is 4.90 Å². The molecule has 1 heterocycles. The van der Waals surface area contributed by atoms with E-state index in [1.54, 1.807) is 13.8 Å². The third-order valence-corrected chi connectivity index (χ3v) is 5.07. The zero-order chi connectivity index (χ0) is 20.3. The van der Waals surface area contributed by atoms with Crippen molar-refractivity contribution in [3.63, 3.8) is 0 Å². The van der Waals surface area contributed by atoms with Crippen LogP contribution in [0.5, 0.6) is 0 Å². The van der Waals surface area contributed by atoms with Crippen molar-refractivity contribution in [2.45, 2.75) is 58.8 Å². The van der Waals surface area contributed by atoms with Crippen molar-refractivity contribution in [3.05, 3.63) is 35.4 Å². The topological polar surface area (TPSA) is 113 Å². The molecule has 1 aromatic rings. The molecule has 0 radical (unpaired) electrons. The Bertz CT molecular complexity index is 717. The van der Waals surface area contributed by atoms with Crippen molar-refractivity contribution >= 4 is 17.8 Å². The van der Waals surface area contributed by atoms with Gasteiger partial charge < -0.3 is 21.1 Å². The van der Waals surface area contributed by atoms with Crippen LogP contribution in [0.15, 0.2) is 24.3 Å². The lowest BCUT2D eigenvalue weighted by Gasteiger charge is -2.38. The maximum atomic E-state index is 12.9. The van der Waals surface area contributed by atoms with Gasteiger partial charge >= 0.3 is 5.97 Å². The second-order valence-electron chi connectivity index (χ2n) is 7.79. The number of nitrogens with two attached hydrogens (primary N) is 1. The molecule has 0 spiro atoms. The Kier molecular flexibility index (Phi) is 6.59. The molecular formula is C20H29N3O4. The standard InChI is InChI=1S/C20H29N3O4/c1-11(2)16(21)19(25)23-10-14-8-6-5-7-13(14)9-15(23)18(24)22-17(12(3)4)20(26)27/h5-8,11-12,15-17H,9-10,21H2,1-4H3,(H,22,24)(H,26,27)/t15-,16-,17-/m0/s1. The number of rotatable bonds is 6. The number of fused-ring (bicyclic) bond motifs is 1. The molecule has 3 atom stereocenters. The summed E-state index contributed by atoms with van der Waals surface area (Å²) >= 11 is 0. The highest BCUT2D eigenvalue weighted by molar-refractivity contribution is 5.92. The van der Waals surface area contributed by atoms with Gasteiger partial charge in [0.2, 0.25) is 11.8 Å². The highest BCUT2D eigenvalue weighted by Gasteiger charge is 2.38. The monoisotopic (exact) mass is 375 g/mol. The van der Waals surface area contributed by atoms with Gasteiger partial charge in [-0.1, -0.05) is 52.0 Å². The number of aliphatic carboxylic acids is 1. The fourth-order valence-electron chi connectivity index (χ4n) is 3.23. The first kappa shape index (κ1) is 20.9. The molecule has 0 bridgehead atoms. The number of carbonyl (C=O) groups excluding carboxylic acids is 2. The van der Waals surface area contributed by atoms with E-state index in [0.29, 0.717) is 6.42 Å². The Morgan fingerprint density at radius 3 is 2.22 bits per heavy atom. The van der Waals surface area contributed by atoms with Crippen LogP contribution < -0.4 is 11.1 Å². The molecule has 0 unspecified atom stereocenters. The van der Waals surface area contributed by atoms with Crippen LogP contribution in [0, 0.1) is 11.8 Å². The van der Waals surface area contributed by atoms with E-state index in [1.807, 2.05) is 38.1 Å². The molecule has 0 aromatic heterocycles. The van der Waals surface area contributed by atoms with E-state index in [9.17, 15) is 19.5 Å². The zero-order valence-corrected chi connectivity index (χ0v) is 16.3. The van der Waals surface area contributed by atoms with Gasteiger partial charge in [-0.3, -0.25) is 9.59 Å². The van der Waals surface area contributed by atoms with Gasteiger partial charge in [0.05, 0.1) is 6.04 Å². The summed E-state index contributed by atoms with van der Waals surface area (Å²) < 4.78 is 0. The maximum absolute atomic E-state index is 12.9. The number of amides is 2. The number of carboxylic acid groups (broad SMARTS) is 1. The number of hydrogen-bond acceptors (Lipinski definition) is 4.